The Kier molecular flexibility index (Phi) is 5.40. The predicted octanol–water partition coefficient (Wildman–Crippen LogP) is 0.905. The molecular formula is C10H19BrN2O3S. The van der Waals surface area contributed by atoms with Gasteiger partial charge in [0.1, 0.15) is 4.66 Å². The number of nitrogens with one attached hydrogen (secondary N) is 1. The number of carbonyl (C=O) groups excluding carboxylic acids is 1. The van der Waals surface area contributed by atoms with Crippen LogP contribution in [0.4, 0.5) is 0 Å². The molecule has 0 spiro atoms. The first-order valence-electron chi connectivity index (χ1n) is 5.70. The van der Waals surface area contributed by atoms with Crippen LogP contribution in [0.5, 0.6) is 0 Å². The van der Waals surface area contributed by atoms with E-state index in [9.17, 15) is 13.2 Å². The van der Waals surface area contributed by atoms with E-state index < -0.39 is 10.0 Å². The number of hydrogen-bond acceptors (Lipinski definition) is 3. The summed E-state index contributed by atoms with van der Waals surface area (Å²) >= 11 is 2.94. The van der Waals surface area contributed by atoms with Crippen LogP contribution in [0, 0.1) is 5.92 Å². The van der Waals surface area contributed by atoms with Gasteiger partial charge in [-0.3, -0.25) is 4.79 Å². The van der Waals surface area contributed by atoms with E-state index in [4.69, 9.17) is 0 Å². The maximum absolute atomic E-state index is 11.7. The molecule has 100 valence electrons. The molecule has 0 aromatic rings. The van der Waals surface area contributed by atoms with Gasteiger partial charge in [0.25, 0.3) is 0 Å². The summed E-state index contributed by atoms with van der Waals surface area (Å²) in [5.74, 6) is 0.151. The number of carbonyl (C=O) groups is 1. The third kappa shape index (κ3) is 4.56. The number of hydrogen-bond donors (Lipinski definition) is 1. The van der Waals surface area contributed by atoms with Gasteiger partial charge in [-0.1, -0.05) is 29.8 Å². The zero-order valence-corrected chi connectivity index (χ0v) is 12.6. The Hall–Kier alpha value is -0.140. The highest BCUT2D eigenvalue weighted by Gasteiger charge is 2.26. The number of halogens is 1. The molecule has 5 nitrogen and oxygen atoms in total. The molecule has 1 aliphatic heterocycles. The minimum Gasteiger partial charge on any atom is -0.342 e. The number of amides is 1. The predicted molar refractivity (Wildman–Crippen MR) is 70.3 cm³/mol. The highest BCUT2D eigenvalue weighted by molar-refractivity contribution is 9.10. The molecule has 0 bridgehead atoms. The van der Waals surface area contributed by atoms with E-state index in [0.29, 0.717) is 25.9 Å². The van der Waals surface area contributed by atoms with Crippen molar-refractivity contribution in [3.63, 3.8) is 0 Å². The van der Waals surface area contributed by atoms with Gasteiger partial charge in [0.15, 0.2) is 0 Å². The average Bonchev–Trinajstić information content (AvgIpc) is 2.28. The van der Waals surface area contributed by atoms with E-state index >= 15 is 0 Å². The summed E-state index contributed by atoms with van der Waals surface area (Å²) in [6.45, 7) is 5.02. The normalized spacial score (nSPS) is 18.7. The summed E-state index contributed by atoms with van der Waals surface area (Å²) in [7, 11) is -3.21. The molecule has 0 aliphatic carbocycles. The number of sulfonamides is 1. The van der Waals surface area contributed by atoms with Crippen LogP contribution in [0.3, 0.4) is 0 Å². The van der Waals surface area contributed by atoms with Gasteiger partial charge >= 0.3 is 0 Å². The highest BCUT2D eigenvalue weighted by atomic mass is 79.9. The molecule has 7 heteroatoms. The summed E-state index contributed by atoms with van der Waals surface area (Å²) in [5, 5.41) is 0. The molecule has 0 atom stereocenters. The minimum absolute atomic E-state index is 0.00536. The second-order valence-electron chi connectivity index (χ2n) is 4.60. The standard InChI is InChI=1S/C10H19BrN2O3S/c1-8(2)10(14)13-5-3-9(4-6-13)12-17(15,16)7-11/h8-9,12H,3-7H2,1-2H3. The van der Waals surface area contributed by atoms with E-state index in [-0.39, 0.29) is 22.5 Å². The Morgan fingerprint density at radius 1 is 1.41 bits per heavy atom. The monoisotopic (exact) mass is 326 g/mol. The minimum atomic E-state index is -3.21. The van der Waals surface area contributed by atoms with Crippen LogP contribution in [-0.2, 0) is 14.8 Å². The number of alkyl halides is 1. The van der Waals surface area contributed by atoms with Crippen LogP contribution in [-0.4, -0.2) is 43.0 Å². The molecular weight excluding hydrogens is 308 g/mol. The summed E-state index contributed by atoms with van der Waals surface area (Å²) in [5.41, 5.74) is 0. The Morgan fingerprint density at radius 3 is 2.35 bits per heavy atom. The third-order valence-corrected chi connectivity index (χ3v) is 5.58. The fourth-order valence-corrected chi connectivity index (χ4v) is 3.07. The Labute approximate surface area is 111 Å². The molecule has 0 radical (unpaired) electrons. The average molecular weight is 327 g/mol. The summed E-state index contributed by atoms with van der Waals surface area (Å²) in [6.07, 6.45) is 1.37. The third-order valence-electron chi connectivity index (χ3n) is 2.79. The lowest BCUT2D eigenvalue weighted by Gasteiger charge is -2.33. The van der Waals surface area contributed by atoms with Gasteiger partial charge in [-0.05, 0) is 12.8 Å². The summed E-state index contributed by atoms with van der Waals surface area (Å²) < 4.78 is 25.2. The van der Waals surface area contributed by atoms with E-state index in [1.54, 1.807) is 0 Å². The van der Waals surface area contributed by atoms with Crippen LogP contribution < -0.4 is 4.72 Å². The van der Waals surface area contributed by atoms with Crippen molar-refractivity contribution in [2.24, 2.45) is 5.92 Å². The second kappa shape index (κ2) is 6.15. The van der Waals surface area contributed by atoms with Crippen molar-refractivity contribution in [2.45, 2.75) is 32.7 Å². The van der Waals surface area contributed by atoms with Crippen molar-refractivity contribution < 1.29 is 13.2 Å². The van der Waals surface area contributed by atoms with Crippen molar-refractivity contribution >= 4 is 31.9 Å². The van der Waals surface area contributed by atoms with Gasteiger partial charge in [0, 0.05) is 25.0 Å². The molecule has 1 rings (SSSR count). The molecule has 1 fully saturated rings. The molecule has 1 amide bonds. The van der Waals surface area contributed by atoms with E-state index in [1.807, 2.05) is 18.7 Å². The molecule has 0 unspecified atom stereocenters. The lowest BCUT2D eigenvalue weighted by Crippen LogP contribution is -2.47. The lowest BCUT2D eigenvalue weighted by atomic mass is 10.0. The van der Waals surface area contributed by atoms with E-state index in [1.165, 1.54) is 0 Å². The molecule has 1 saturated heterocycles. The maximum atomic E-state index is 11.7. The van der Waals surface area contributed by atoms with Crippen LogP contribution in [0.25, 0.3) is 0 Å². The summed E-state index contributed by atoms with van der Waals surface area (Å²) in [4.78, 5) is 13.5. The Balaban J connectivity index is 2.44. The molecule has 1 heterocycles. The lowest BCUT2D eigenvalue weighted by molar-refractivity contribution is -0.135. The SMILES string of the molecule is CC(C)C(=O)N1CCC(NS(=O)(=O)CBr)CC1. The fraction of sp³-hybridized carbons (Fsp3) is 0.900. The highest BCUT2D eigenvalue weighted by Crippen LogP contribution is 2.14. The Morgan fingerprint density at radius 2 is 1.94 bits per heavy atom. The van der Waals surface area contributed by atoms with Crippen molar-refractivity contribution in [3.05, 3.63) is 0 Å². The van der Waals surface area contributed by atoms with Gasteiger partial charge in [0.2, 0.25) is 15.9 Å². The van der Waals surface area contributed by atoms with Crippen LogP contribution >= 0.6 is 15.9 Å². The smallest absolute Gasteiger partial charge is 0.225 e. The molecule has 0 saturated carbocycles. The van der Waals surface area contributed by atoms with Crippen LogP contribution in [0.15, 0.2) is 0 Å². The maximum Gasteiger partial charge on any atom is 0.225 e. The molecule has 1 aliphatic rings. The molecule has 1 N–H and O–H groups in total. The zero-order valence-electron chi connectivity index (χ0n) is 10.1. The second-order valence-corrected chi connectivity index (χ2v) is 7.65. The van der Waals surface area contributed by atoms with Crippen molar-refractivity contribution in [1.29, 1.82) is 0 Å². The first kappa shape index (κ1) is 14.9. The zero-order chi connectivity index (χ0) is 13.1. The number of piperidine rings is 1. The van der Waals surface area contributed by atoms with Crippen LogP contribution in [0.2, 0.25) is 0 Å². The van der Waals surface area contributed by atoms with Crippen molar-refractivity contribution in [1.82, 2.24) is 9.62 Å². The number of rotatable bonds is 4. The van der Waals surface area contributed by atoms with Gasteiger partial charge in [0.05, 0.1) is 0 Å². The summed E-state index contributed by atoms with van der Waals surface area (Å²) in [6, 6.07) is -0.0474. The topological polar surface area (TPSA) is 66.5 Å². The van der Waals surface area contributed by atoms with Crippen molar-refractivity contribution in [3.8, 4) is 0 Å². The van der Waals surface area contributed by atoms with Gasteiger partial charge in [-0.25, -0.2) is 13.1 Å². The molecule has 17 heavy (non-hydrogen) atoms. The largest absolute Gasteiger partial charge is 0.342 e. The first-order valence-corrected chi connectivity index (χ1v) is 8.48. The number of likely N-dealkylation sites (tertiary alicyclic amines) is 1. The van der Waals surface area contributed by atoms with Gasteiger partial charge in [-0.2, -0.15) is 0 Å². The van der Waals surface area contributed by atoms with E-state index in [2.05, 4.69) is 20.7 Å². The van der Waals surface area contributed by atoms with E-state index in [0.717, 1.165) is 0 Å². The van der Waals surface area contributed by atoms with Gasteiger partial charge in [-0.15, -0.1) is 0 Å². The van der Waals surface area contributed by atoms with Crippen molar-refractivity contribution in [2.75, 3.05) is 17.8 Å². The molecule has 0 aromatic carbocycles. The fourth-order valence-electron chi connectivity index (χ4n) is 1.87. The van der Waals surface area contributed by atoms with Crippen LogP contribution in [0.1, 0.15) is 26.7 Å². The molecule has 0 aromatic heterocycles. The van der Waals surface area contributed by atoms with Gasteiger partial charge < -0.3 is 4.90 Å². The first-order chi connectivity index (χ1) is 7.85. The quantitative estimate of drug-likeness (QED) is 0.781. The Bertz CT molecular complexity index is 362. The number of nitrogens with zero attached hydrogens (tertiary/aromatic N) is 1.